The van der Waals surface area contributed by atoms with E-state index in [0.717, 1.165) is 72.1 Å². The van der Waals surface area contributed by atoms with Gasteiger partial charge >= 0.3 is 23.8 Å². The van der Waals surface area contributed by atoms with Crippen molar-refractivity contribution in [3.05, 3.63) is 153 Å². The number of H-pyrrole nitrogens is 1. The van der Waals surface area contributed by atoms with Crippen LogP contribution in [0.15, 0.2) is 112 Å². The van der Waals surface area contributed by atoms with E-state index in [0.29, 0.717) is 75.0 Å². The number of aromatic nitrogens is 3. The van der Waals surface area contributed by atoms with Gasteiger partial charge in [-0.1, -0.05) is 49.6 Å². The lowest BCUT2D eigenvalue weighted by Crippen LogP contribution is -2.63. The molecular weight excluding hydrogens is 1020 g/mol. The SMILES string of the molecule is C=C(NCC(=O)NC1CN(C2CCC(O)(c3ccc4[nH]c(=O)n(C)c4c3)CC2)C1)c1cccc(C(F)(F)F)c1.C=C(NCC(=O)NC1CN(C2CCC(O)(c3ccc4oc(=O)n(C)c4c3)CC2)C1)c1cccc(C(F)(F)F)c1. The number of nitrogens with one attached hydrogen (secondary N) is 5. The molecule has 0 radical (unpaired) electrons. The van der Waals surface area contributed by atoms with Gasteiger partial charge in [0.05, 0.1) is 64.1 Å². The molecule has 2 amide bonds. The Morgan fingerprint density at radius 2 is 1.08 bits per heavy atom. The number of halogens is 6. The molecule has 10 rings (SSSR count). The molecule has 78 heavy (non-hydrogen) atoms. The number of hydrogen-bond acceptors (Lipinski definition) is 11. The monoisotopic (exact) mass is 1090 g/mol. The number of nitrogens with zero attached hydrogens (tertiary/aromatic N) is 4. The lowest BCUT2D eigenvalue weighted by molar-refractivity contribution is -0.138. The highest BCUT2D eigenvalue weighted by Gasteiger charge is 2.42. The Hall–Kier alpha value is -7.14. The molecule has 4 fully saturated rings. The van der Waals surface area contributed by atoms with Gasteiger partial charge < -0.3 is 40.9 Å². The molecule has 2 saturated heterocycles. The second-order valence-corrected chi connectivity index (χ2v) is 21.1. The van der Waals surface area contributed by atoms with Gasteiger partial charge in [-0.15, -0.1) is 0 Å². The summed E-state index contributed by atoms with van der Waals surface area (Å²) in [5, 5.41) is 34.2. The maximum absolute atomic E-state index is 12.9. The van der Waals surface area contributed by atoms with Crippen molar-refractivity contribution in [3.63, 3.8) is 0 Å². The predicted octanol–water partition coefficient (Wildman–Crippen LogP) is 6.42. The van der Waals surface area contributed by atoms with Crippen molar-refractivity contribution in [3.8, 4) is 0 Å². The fraction of sp³-hybridized carbons (Fsp3) is 0.429. The molecule has 416 valence electrons. The van der Waals surface area contributed by atoms with E-state index in [9.17, 15) is 55.7 Å². The van der Waals surface area contributed by atoms with Crippen LogP contribution in [0.5, 0.6) is 0 Å². The average Bonchev–Trinajstić information content (AvgIpc) is 3.96. The molecule has 2 aliphatic heterocycles. The third kappa shape index (κ3) is 12.3. The number of imidazole rings is 1. The molecule has 0 bridgehead atoms. The number of hydrogen-bond donors (Lipinski definition) is 7. The molecule has 4 aromatic carbocycles. The number of likely N-dealkylation sites (tertiary alicyclic amines) is 2. The molecule has 0 spiro atoms. The molecule has 2 aliphatic carbocycles. The van der Waals surface area contributed by atoms with Crippen molar-refractivity contribution in [1.29, 1.82) is 0 Å². The summed E-state index contributed by atoms with van der Waals surface area (Å²) in [5.74, 6) is -0.941. The molecule has 0 atom stereocenters. The number of alkyl halides is 6. The van der Waals surface area contributed by atoms with Crippen LogP contribution in [-0.2, 0) is 47.2 Å². The van der Waals surface area contributed by atoms with Gasteiger partial charge in [0.1, 0.15) is 0 Å². The number of aryl methyl sites for hydroxylation is 2. The molecule has 0 unspecified atom stereocenters. The number of oxazole rings is 1. The first-order chi connectivity index (χ1) is 36.9. The van der Waals surface area contributed by atoms with Gasteiger partial charge in [0.15, 0.2) is 5.58 Å². The van der Waals surface area contributed by atoms with E-state index in [1.807, 2.05) is 30.3 Å². The summed E-state index contributed by atoms with van der Waals surface area (Å²) < 4.78 is 85.8. The molecule has 2 aromatic heterocycles. The summed E-state index contributed by atoms with van der Waals surface area (Å²) >= 11 is 0. The number of aliphatic hydroxyl groups is 2. The number of carbonyl (C=O) groups is 2. The van der Waals surface area contributed by atoms with Crippen molar-refractivity contribution in [2.45, 2.75) is 99.1 Å². The van der Waals surface area contributed by atoms with E-state index in [1.165, 1.54) is 28.8 Å². The smallest absolute Gasteiger partial charge is 0.408 e. The van der Waals surface area contributed by atoms with E-state index in [-0.39, 0.29) is 65.2 Å². The number of rotatable bonds is 14. The zero-order valence-electron chi connectivity index (χ0n) is 43.2. The van der Waals surface area contributed by atoms with E-state index in [4.69, 9.17) is 4.42 Å². The lowest BCUT2D eigenvalue weighted by atomic mass is 9.76. The Bertz CT molecular complexity index is 3110. The van der Waals surface area contributed by atoms with E-state index >= 15 is 0 Å². The summed E-state index contributed by atoms with van der Waals surface area (Å²) in [4.78, 5) is 55.8. The second-order valence-electron chi connectivity index (χ2n) is 21.1. The van der Waals surface area contributed by atoms with Gasteiger partial charge in [0, 0.05) is 63.8 Å². The van der Waals surface area contributed by atoms with E-state index in [2.05, 4.69) is 49.2 Å². The summed E-state index contributed by atoms with van der Waals surface area (Å²) in [6, 6.07) is 21.2. The van der Waals surface area contributed by atoms with Gasteiger partial charge in [-0.25, -0.2) is 9.59 Å². The topological polar surface area (TPSA) is 202 Å². The maximum atomic E-state index is 12.9. The highest BCUT2D eigenvalue weighted by atomic mass is 19.4. The quantitative estimate of drug-likeness (QED) is 0.0594. The summed E-state index contributed by atoms with van der Waals surface area (Å²) in [5.41, 5.74) is 1.67. The summed E-state index contributed by atoms with van der Waals surface area (Å²) in [7, 11) is 3.34. The van der Waals surface area contributed by atoms with Gasteiger partial charge in [-0.3, -0.25) is 28.5 Å². The summed E-state index contributed by atoms with van der Waals surface area (Å²) in [6.07, 6.45) is -3.26. The normalized spacial score (nSPS) is 22.4. The van der Waals surface area contributed by atoms with Crippen LogP contribution in [0.2, 0.25) is 0 Å². The fourth-order valence-corrected chi connectivity index (χ4v) is 11.1. The minimum Gasteiger partial charge on any atom is -0.408 e. The molecule has 6 aromatic rings. The van der Waals surface area contributed by atoms with Crippen LogP contribution in [0, 0.1) is 0 Å². The van der Waals surface area contributed by atoms with Crippen LogP contribution in [-0.4, -0.2) is 109 Å². The third-order valence-corrected chi connectivity index (χ3v) is 15.9. The fourth-order valence-electron chi connectivity index (χ4n) is 11.1. The number of benzene rings is 4. The number of aromatic amines is 1. The van der Waals surface area contributed by atoms with Crippen molar-refractivity contribution in [2.75, 3.05) is 39.3 Å². The van der Waals surface area contributed by atoms with Crippen LogP contribution in [0.1, 0.15) is 84.7 Å². The van der Waals surface area contributed by atoms with Crippen LogP contribution in [0.3, 0.4) is 0 Å². The van der Waals surface area contributed by atoms with Crippen LogP contribution < -0.4 is 32.7 Å². The molecule has 16 nitrogen and oxygen atoms in total. The Morgan fingerprint density at radius 1 is 0.641 bits per heavy atom. The first-order valence-electron chi connectivity index (χ1n) is 25.9. The zero-order chi connectivity index (χ0) is 55.9. The standard InChI is InChI=1S/C28H32F3N5O3.C28H31F3N4O4/c1-17(18-4-3-5-20(12-18)28(29,30)31)32-14-25(37)33-21-15-36(16-21)22-8-10-27(39,11-9-22)19-6-7-23-24(13-19)35(2)26(38)34-23;1-17(18-4-3-5-20(12-18)28(29,30)31)32-14-25(36)33-21-15-35(16-21)22-8-10-27(38,11-9-22)19-6-7-24-23(13-19)34(2)26(37)39-24/h3-7,12-13,21-22,32,39H,1,8-11,14-16H2,2H3,(H,33,37)(H,34,38);3-7,12-13,21-22,32,38H,1,8-11,14-16H2,2H3,(H,33,36). The second kappa shape index (κ2) is 21.9. The molecule has 4 heterocycles. The Labute approximate surface area is 444 Å². The zero-order valence-corrected chi connectivity index (χ0v) is 43.2. The van der Waals surface area contributed by atoms with Gasteiger partial charge in [-0.05, 0) is 122 Å². The largest absolute Gasteiger partial charge is 0.419 e. The van der Waals surface area contributed by atoms with Crippen LogP contribution in [0.25, 0.3) is 33.5 Å². The third-order valence-electron chi connectivity index (χ3n) is 15.9. The molecule has 7 N–H and O–H groups in total. The lowest BCUT2D eigenvalue weighted by Gasteiger charge is -2.48. The number of fused-ring (bicyclic) bond motifs is 2. The van der Waals surface area contributed by atoms with Gasteiger partial charge in [0.2, 0.25) is 11.8 Å². The molecule has 22 heteroatoms. The van der Waals surface area contributed by atoms with Gasteiger partial charge in [0.25, 0.3) is 0 Å². The van der Waals surface area contributed by atoms with Crippen molar-refractivity contribution >= 4 is 45.3 Å². The van der Waals surface area contributed by atoms with E-state index in [1.54, 1.807) is 24.7 Å². The Balaban J connectivity index is 0.000000190. The molecule has 2 saturated carbocycles. The highest BCUT2D eigenvalue weighted by Crippen LogP contribution is 2.42. The predicted molar refractivity (Wildman–Crippen MR) is 281 cm³/mol. The minimum atomic E-state index is -4.45. The molecule has 4 aliphatic rings. The maximum Gasteiger partial charge on any atom is 0.419 e. The van der Waals surface area contributed by atoms with Crippen LogP contribution in [0.4, 0.5) is 26.3 Å². The first-order valence-corrected chi connectivity index (χ1v) is 25.9. The average molecular weight is 1090 g/mol. The van der Waals surface area contributed by atoms with Crippen molar-refractivity contribution < 1.29 is 50.6 Å². The first kappa shape index (κ1) is 55.6. The Morgan fingerprint density at radius 3 is 1.53 bits per heavy atom. The minimum absolute atomic E-state index is 0.000724. The Kier molecular flexibility index (Phi) is 15.6. The van der Waals surface area contributed by atoms with E-state index < -0.39 is 40.4 Å². The molecular formula is C56H63F6N9O7. The van der Waals surface area contributed by atoms with Gasteiger partial charge in [-0.2, -0.15) is 26.3 Å². The number of amides is 2. The number of carbonyl (C=O) groups excluding carboxylic acids is 2. The summed E-state index contributed by atoms with van der Waals surface area (Å²) in [6.45, 7) is 10.2. The van der Waals surface area contributed by atoms with Crippen molar-refractivity contribution in [1.82, 2.24) is 45.2 Å². The highest BCUT2D eigenvalue weighted by molar-refractivity contribution is 5.81. The van der Waals surface area contributed by atoms with Crippen LogP contribution >= 0.6 is 0 Å². The van der Waals surface area contributed by atoms with Crippen molar-refractivity contribution in [2.24, 2.45) is 14.1 Å².